The number of rotatable bonds is 4. The fourth-order valence-electron chi connectivity index (χ4n) is 8.41. The van der Waals surface area contributed by atoms with E-state index in [9.17, 15) is 9.59 Å². The Hall–Kier alpha value is -7.43. The van der Waals surface area contributed by atoms with Crippen molar-refractivity contribution in [3.05, 3.63) is 148 Å². The molecule has 0 spiro atoms. The molecule has 4 aliphatic rings. The average molecular weight is 1100 g/mol. The van der Waals surface area contributed by atoms with Crippen molar-refractivity contribution in [1.29, 1.82) is 0 Å². The number of hydrogen-bond acceptors (Lipinski definition) is 14. The van der Waals surface area contributed by atoms with Crippen LogP contribution in [0, 0.1) is 15.4 Å². The third kappa shape index (κ3) is 12.5. The topological polar surface area (TPSA) is 230 Å². The van der Waals surface area contributed by atoms with E-state index in [1.54, 1.807) is 30.9 Å². The number of amides is 2. The Kier molecular flexibility index (Phi) is 15.4. The van der Waals surface area contributed by atoms with Gasteiger partial charge in [-0.3, -0.25) is 19.6 Å². The van der Waals surface area contributed by atoms with E-state index in [0.29, 0.717) is 93.7 Å². The minimum absolute atomic E-state index is 0.251. The zero-order valence-corrected chi connectivity index (χ0v) is 43.0. The number of halogens is 1. The largest absolute Gasteiger partial charge is 0.492 e. The van der Waals surface area contributed by atoms with Gasteiger partial charge in [0.15, 0.2) is 11.6 Å². The first-order valence-electron chi connectivity index (χ1n) is 24.8. The number of carbonyl (C=O) groups excluding carboxylic acids is 2. The molecule has 2 aromatic carbocycles. The summed E-state index contributed by atoms with van der Waals surface area (Å²) in [6, 6.07) is 30.0. The van der Waals surface area contributed by atoms with Crippen LogP contribution < -0.4 is 25.6 Å². The lowest BCUT2D eigenvalue weighted by Crippen LogP contribution is -2.30. The van der Waals surface area contributed by atoms with Gasteiger partial charge in [0.1, 0.15) is 47.2 Å². The summed E-state index contributed by atoms with van der Waals surface area (Å²) in [5.74, 6) is 4.67. The molecule has 6 aromatic heterocycles. The first kappa shape index (κ1) is 50.1. The van der Waals surface area contributed by atoms with Crippen molar-refractivity contribution in [3.8, 4) is 45.7 Å². The zero-order valence-electron chi connectivity index (χ0n) is 40.9. The van der Waals surface area contributed by atoms with E-state index >= 15 is 0 Å². The number of aromatic nitrogens is 10. The van der Waals surface area contributed by atoms with E-state index in [2.05, 4.69) is 99.5 Å². The monoisotopic (exact) mass is 1100 g/mol. The average Bonchev–Trinajstić information content (AvgIpc) is 4.36. The Balaban J connectivity index is 0.000000141. The first-order chi connectivity index (χ1) is 36.0. The van der Waals surface area contributed by atoms with E-state index in [0.717, 1.165) is 52.0 Å². The predicted octanol–water partition coefficient (Wildman–Crippen LogP) is 8.20. The van der Waals surface area contributed by atoms with E-state index in [-0.39, 0.29) is 17.7 Å². The number of carbonyl (C=O) groups is 2. The van der Waals surface area contributed by atoms with Gasteiger partial charge < -0.3 is 39.3 Å². The molecule has 2 saturated carbocycles. The molecule has 8 heterocycles. The smallest absolute Gasteiger partial charge is 0.490 e. The summed E-state index contributed by atoms with van der Waals surface area (Å²) in [7, 11) is -1.40. The number of benzene rings is 2. The number of aryl methyl sites for hydroxylation is 2. The highest BCUT2D eigenvalue weighted by Gasteiger charge is 2.27. The predicted molar refractivity (Wildman–Crippen MR) is 288 cm³/mol. The third-order valence-electron chi connectivity index (χ3n) is 13.1. The van der Waals surface area contributed by atoms with Crippen LogP contribution in [0.3, 0.4) is 0 Å². The maximum absolute atomic E-state index is 13.4. The fourth-order valence-corrected chi connectivity index (χ4v) is 8.90. The quantitative estimate of drug-likeness (QED) is 0.0962. The summed E-state index contributed by atoms with van der Waals surface area (Å²) in [5, 5.41) is 39.9. The maximum Gasteiger partial charge on any atom is 0.490 e. The lowest BCUT2D eigenvalue weighted by Gasteiger charge is -2.18. The summed E-state index contributed by atoms with van der Waals surface area (Å²) in [6.07, 6.45) is 13.5. The van der Waals surface area contributed by atoms with E-state index < -0.39 is 7.12 Å². The minimum atomic E-state index is -1.40. The number of ether oxygens (including phenoxy) is 2. The molecule has 20 heteroatoms. The molecule has 2 fully saturated rings. The molecule has 2 aliphatic heterocycles. The molecule has 12 rings (SSSR count). The standard InChI is InChI=1S/C27H26N6O2.C19H18IN5O2.C8H10BNO2/c1-17-11-12-33-16-29-32-26(33)23-3-2-4-25(30-23)31-27(34)21-13-19(8-10-24(21)35-15-17)20-7-9-22(28-14-20)18-5-6-18;1-12-7-8-25-11-21-24-18(25)15-3-2-4-17(22-15)23-19(26)14-9-13(20)5-6-16(14)27-10-12;11-9(12)7-3-4-8(10-5-7)6-1-2-6/h2-4,7-10,13-14,16-18H,5-6,11-12,15H2,1H3,(H,30,31,34);2-6,9,11-12H,7-8,10H2,1H3,(H,22,23,26);3-6,11-12H,1-2H2/t17-;12-;/m11./s1. The first-order valence-corrected chi connectivity index (χ1v) is 25.9. The second-order valence-electron chi connectivity index (χ2n) is 19.1. The van der Waals surface area contributed by atoms with Crippen LogP contribution in [-0.4, -0.2) is 91.7 Å². The Morgan fingerprint density at radius 3 is 1.62 bits per heavy atom. The van der Waals surface area contributed by atoms with Gasteiger partial charge in [-0.05, 0) is 145 Å². The van der Waals surface area contributed by atoms with Gasteiger partial charge >= 0.3 is 7.12 Å². The number of pyridine rings is 4. The minimum Gasteiger partial charge on any atom is -0.492 e. The summed E-state index contributed by atoms with van der Waals surface area (Å²) >= 11 is 2.19. The van der Waals surface area contributed by atoms with Crippen LogP contribution in [-0.2, 0) is 13.1 Å². The number of hydrogen-bond donors (Lipinski definition) is 4. The van der Waals surface area contributed by atoms with Gasteiger partial charge in [0.05, 0.1) is 24.3 Å². The molecular weight excluding hydrogens is 1050 g/mol. The summed E-state index contributed by atoms with van der Waals surface area (Å²) in [6.45, 7) is 6.81. The van der Waals surface area contributed by atoms with Crippen molar-refractivity contribution >= 4 is 58.6 Å². The zero-order chi connectivity index (χ0) is 51.1. The molecule has 0 unspecified atom stereocenters. The second-order valence-corrected chi connectivity index (χ2v) is 20.3. The summed E-state index contributed by atoms with van der Waals surface area (Å²) in [5.41, 5.74) is 6.86. The Morgan fingerprint density at radius 1 is 0.608 bits per heavy atom. The van der Waals surface area contributed by atoms with Crippen molar-refractivity contribution in [1.82, 2.24) is 49.5 Å². The van der Waals surface area contributed by atoms with Crippen LogP contribution in [0.5, 0.6) is 11.5 Å². The van der Waals surface area contributed by atoms with E-state index in [1.165, 1.54) is 31.9 Å². The number of nitrogens with zero attached hydrogens (tertiary/aromatic N) is 10. The van der Waals surface area contributed by atoms with Gasteiger partial charge in [-0.15, -0.1) is 20.4 Å². The lowest BCUT2D eigenvalue weighted by atomic mass is 9.81. The molecule has 8 aromatic rings. The molecule has 0 saturated heterocycles. The van der Waals surface area contributed by atoms with Crippen LogP contribution in [0.1, 0.15) is 96.3 Å². The van der Waals surface area contributed by atoms with Crippen molar-refractivity contribution < 1.29 is 29.1 Å². The van der Waals surface area contributed by atoms with Crippen molar-refractivity contribution in [3.63, 3.8) is 0 Å². The molecule has 18 nitrogen and oxygen atoms in total. The van der Waals surface area contributed by atoms with Crippen LogP contribution >= 0.6 is 22.6 Å². The van der Waals surface area contributed by atoms with Crippen molar-refractivity contribution in [2.75, 3.05) is 23.8 Å². The van der Waals surface area contributed by atoms with Crippen LogP contribution in [0.25, 0.3) is 34.2 Å². The molecule has 2 atom stereocenters. The highest BCUT2D eigenvalue weighted by atomic mass is 127. The molecule has 0 radical (unpaired) electrons. The maximum atomic E-state index is 13.4. The highest BCUT2D eigenvalue weighted by molar-refractivity contribution is 14.1. The van der Waals surface area contributed by atoms with E-state index in [4.69, 9.17) is 19.5 Å². The van der Waals surface area contributed by atoms with Crippen LogP contribution in [0.15, 0.2) is 122 Å². The molecule has 74 heavy (non-hydrogen) atoms. The highest BCUT2D eigenvalue weighted by Crippen LogP contribution is 2.40. The Labute approximate surface area is 441 Å². The lowest BCUT2D eigenvalue weighted by molar-refractivity contribution is 0.101. The van der Waals surface area contributed by atoms with Gasteiger partial charge in [-0.2, -0.15) is 0 Å². The van der Waals surface area contributed by atoms with Gasteiger partial charge in [-0.25, -0.2) is 9.97 Å². The molecule has 2 amide bonds. The van der Waals surface area contributed by atoms with Crippen LogP contribution in [0.4, 0.5) is 11.6 Å². The van der Waals surface area contributed by atoms with Crippen molar-refractivity contribution in [2.45, 2.75) is 77.3 Å². The Bertz CT molecular complexity index is 3230. The second kappa shape index (κ2) is 22.8. The van der Waals surface area contributed by atoms with Gasteiger partial charge in [0.2, 0.25) is 0 Å². The van der Waals surface area contributed by atoms with Gasteiger partial charge in [0.25, 0.3) is 11.8 Å². The number of anilines is 2. The number of fused-ring (bicyclic) bond motifs is 10. The third-order valence-corrected chi connectivity index (χ3v) is 13.7. The fraction of sp³-hybridized carbons (Fsp3) is 0.296. The molecular formula is C54H54BIN12O6. The number of nitrogens with one attached hydrogen (secondary N) is 2. The molecule has 4 bridgehead atoms. The molecule has 376 valence electrons. The molecule has 2 aliphatic carbocycles. The SMILES string of the molecule is C[C@@H]1CCn2cnnc2-c2cccc(n2)NC(=O)c2cc(-c3ccc(C4CC4)nc3)ccc2OC1.C[C@@H]1CCn2cnnc2-c2cccc(n2)NC(=O)c2cc(I)ccc2OC1.OB(O)c1ccc(C2CC2)nc1. The van der Waals surface area contributed by atoms with E-state index in [1.807, 2.05) is 82.1 Å². The normalized spacial score (nSPS) is 17.4. The van der Waals surface area contributed by atoms with Crippen molar-refractivity contribution in [2.24, 2.45) is 11.8 Å². The van der Waals surface area contributed by atoms with Gasteiger partial charge in [0, 0.05) is 63.3 Å². The van der Waals surface area contributed by atoms with Crippen LogP contribution in [0.2, 0.25) is 0 Å². The summed E-state index contributed by atoms with van der Waals surface area (Å²) in [4.78, 5) is 44.2. The summed E-state index contributed by atoms with van der Waals surface area (Å²) < 4.78 is 17.1. The Morgan fingerprint density at radius 2 is 1.12 bits per heavy atom. The van der Waals surface area contributed by atoms with Gasteiger partial charge in [-0.1, -0.05) is 44.2 Å². The molecule has 4 N–H and O–H groups in total.